The van der Waals surface area contributed by atoms with Crippen molar-refractivity contribution in [3.05, 3.63) is 0 Å². The fourth-order valence-electron chi connectivity index (χ4n) is 4.05. The quantitative estimate of drug-likeness (QED) is 0.787. The highest BCUT2D eigenvalue weighted by atomic mass is 16.5. The molecule has 0 radical (unpaired) electrons. The van der Waals surface area contributed by atoms with Crippen LogP contribution in [0.3, 0.4) is 0 Å². The van der Waals surface area contributed by atoms with Crippen LogP contribution in [-0.2, 0) is 4.74 Å². The monoisotopic (exact) mass is 282 g/mol. The number of nitrogens with zero attached hydrogens (tertiary/aromatic N) is 1. The first-order valence-electron chi connectivity index (χ1n) is 8.51. The smallest absolute Gasteiger partial charge is 0.0662 e. The molecule has 0 heterocycles. The van der Waals surface area contributed by atoms with Crippen LogP contribution in [0.1, 0.15) is 65.7 Å². The van der Waals surface area contributed by atoms with Crippen LogP contribution >= 0.6 is 0 Å². The molecule has 2 unspecified atom stereocenters. The molecule has 2 saturated carbocycles. The molecular formula is C17H34N2O. The Labute approximate surface area is 125 Å². The molecule has 0 amide bonds. The molecule has 3 heteroatoms. The van der Waals surface area contributed by atoms with Gasteiger partial charge in [0.25, 0.3) is 0 Å². The van der Waals surface area contributed by atoms with Gasteiger partial charge in [0.15, 0.2) is 0 Å². The van der Waals surface area contributed by atoms with E-state index in [0.717, 1.165) is 25.6 Å². The Morgan fingerprint density at radius 1 is 1.15 bits per heavy atom. The second-order valence-corrected chi connectivity index (χ2v) is 7.59. The number of hydrogen-bond donors (Lipinski definition) is 1. The van der Waals surface area contributed by atoms with E-state index in [2.05, 4.69) is 32.7 Å². The molecule has 2 N–H and O–H groups in total. The van der Waals surface area contributed by atoms with Crippen molar-refractivity contribution in [2.24, 2.45) is 11.1 Å². The fraction of sp³-hybridized carbons (Fsp3) is 1.00. The second kappa shape index (κ2) is 6.33. The Morgan fingerprint density at radius 2 is 1.75 bits per heavy atom. The summed E-state index contributed by atoms with van der Waals surface area (Å²) in [5, 5.41) is 0. The normalized spacial score (nSPS) is 34.8. The summed E-state index contributed by atoms with van der Waals surface area (Å²) in [4.78, 5) is 2.54. The first kappa shape index (κ1) is 16.3. The van der Waals surface area contributed by atoms with Gasteiger partial charge in [0.05, 0.1) is 6.10 Å². The van der Waals surface area contributed by atoms with E-state index < -0.39 is 0 Å². The van der Waals surface area contributed by atoms with Crippen molar-refractivity contribution >= 4 is 0 Å². The summed E-state index contributed by atoms with van der Waals surface area (Å²) in [7, 11) is 2.27. The molecule has 3 nitrogen and oxygen atoms in total. The van der Waals surface area contributed by atoms with E-state index in [-0.39, 0.29) is 11.0 Å². The van der Waals surface area contributed by atoms with Crippen molar-refractivity contribution in [1.29, 1.82) is 0 Å². The molecule has 2 atom stereocenters. The highest BCUT2D eigenvalue weighted by Crippen LogP contribution is 2.50. The standard InChI is InChI=1S/C17H34N2O/c1-5-20-15-12-17(18,16(15,2)3)13-19(4)14-10-8-6-7-9-11-14/h14-15H,5-13,18H2,1-4H3. The zero-order valence-corrected chi connectivity index (χ0v) is 14.0. The van der Waals surface area contributed by atoms with Crippen LogP contribution in [-0.4, -0.2) is 42.8 Å². The Kier molecular flexibility index (Phi) is 5.14. The third kappa shape index (κ3) is 3.05. The summed E-state index contributed by atoms with van der Waals surface area (Å²) in [6.45, 7) is 8.43. The van der Waals surface area contributed by atoms with E-state index in [9.17, 15) is 0 Å². The van der Waals surface area contributed by atoms with Crippen molar-refractivity contribution in [3.63, 3.8) is 0 Å². The van der Waals surface area contributed by atoms with Crippen LogP contribution in [0.4, 0.5) is 0 Å². The topological polar surface area (TPSA) is 38.5 Å². The minimum atomic E-state index is -0.0894. The second-order valence-electron chi connectivity index (χ2n) is 7.59. The lowest BCUT2D eigenvalue weighted by Crippen LogP contribution is -2.73. The molecular weight excluding hydrogens is 248 g/mol. The highest BCUT2D eigenvalue weighted by Gasteiger charge is 2.58. The fourth-order valence-corrected chi connectivity index (χ4v) is 4.05. The lowest BCUT2D eigenvalue weighted by molar-refractivity contribution is -0.157. The van der Waals surface area contributed by atoms with Crippen molar-refractivity contribution in [3.8, 4) is 0 Å². The number of hydrogen-bond acceptors (Lipinski definition) is 3. The maximum atomic E-state index is 6.73. The molecule has 20 heavy (non-hydrogen) atoms. The molecule has 2 aliphatic carbocycles. The minimum Gasteiger partial charge on any atom is -0.378 e. The Morgan fingerprint density at radius 3 is 2.25 bits per heavy atom. The summed E-state index contributed by atoms with van der Waals surface area (Å²) in [6, 6.07) is 0.736. The zero-order valence-electron chi connectivity index (χ0n) is 14.0. The molecule has 0 aliphatic heterocycles. The van der Waals surface area contributed by atoms with Gasteiger partial charge < -0.3 is 15.4 Å². The summed E-state index contributed by atoms with van der Waals surface area (Å²) < 4.78 is 5.84. The summed E-state index contributed by atoms with van der Waals surface area (Å²) in [5.74, 6) is 0. The van der Waals surface area contributed by atoms with Crippen LogP contribution in [0.25, 0.3) is 0 Å². The molecule has 0 saturated heterocycles. The SMILES string of the molecule is CCOC1CC(N)(CN(C)C2CCCCCC2)C1(C)C. The molecule has 0 aromatic rings. The summed E-state index contributed by atoms with van der Waals surface area (Å²) in [6.07, 6.45) is 9.63. The first-order valence-corrected chi connectivity index (χ1v) is 8.51. The van der Waals surface area contributed by atoms with Gasteiger partial charge in [0.1, 0.15) is 0 Å². The van der Waals surface area contributed by atoms with E-state index in [0.29, 0.717) is 6.10 Å². The molecule has 2 fully saturated rings. The van der Waals surface area contributed by atoms with Gasteiger partial charge >= 0.3 is 0 Å². The number of rotatable bonds is 5. The van der Waals surface area contributed by atoms with Crippen molar-refractivity contribution in [2.75, 3.05) is 20.2 Å². The Bertz CT molecular complexity index is 310. The molecule has 0 aromatic heterocycles. The Hall–Kier alpha value is -0.120. The van der Waals surface area contributed by atoms with Gasteiger partial charge in [-0.3, -0.25) is 0 Å². The van der Waals surface area contributed by atoms with E-state index in [1.807, 2.05) is 0 Å². The van der Waals surface area contributed by atoms with Gasteiger partial charge in [-0.05, 0) is 33.2 Å². The third-order valence-electron chi connectivity index (χ3n) is 5.99. The van der Waals surface area contributed by atoms with Crippen LogP contribution < -0.4 is 5.73 Å². The highest BCUT2D eigenvalue weighted by molar-refractivity contribution is 5.14. The minimum absolute atomic E-state index is 0.0853. The molecule has 0 aromatic carbocycles. The largest absolute Gasteiger partial charge is 0.378 e. The number of likely N-dealkylation sites (N-methyl/N-ethyl adjacent to an activating group) is 1. The van der Waals surface area contributed by atoms with E-state index in [1.54, 1.807) is 0 Å². The van der Waals surface area contributed by atoms with Crippen LogP contribution in [0, 0.1) is 5.41 Å². The van der Waals surface area contributed by atoms with Gasteiger partial charge in [-0.2, -0.15) is 0 Å². The molecule has 2 aliphatic rings. The maximum Gasteiger partial charge on any atom is 0.0662 e. The van der Waals surface area contributed by atoms with E-state index in [4.69, 9.17) is 10.5 Å². The van der Waals surface area contributed by atoms with Gasteiger partial charge in [-0.15, -0.1) is 0 Å². The van der Waals surface area contributed by atoms with Gasteiger partial charge in [0, 0.05) is 30.1 Å². The van der Waals surface area contributed by atoms with Gasteiger partial charge in [-0.25, -0.2) is 0 Å². The predicted octanol–water partition coefficient (Wildman–Crippen LogP) is 3.17. The Balaban J connectivity index is 1.91. The van der Waals surface area contributed by atoms with Crippen LogP contribution in [0.15, 0.2) is 0 Å². The van der Waals surface area contributed by atoms with Crippen molar-refractivity contribution < 1.29 is 4.74 Å². The van der Waals surface area contributed by atoms with E-state index >= 15 is 0 Å². The molecule has 118 valence electrons. The van der Waals surface area contributed by atoms with E-state index in [1.165, 1.54) is 38.5 Å². The van der Waals surface area contributed by atoms with Gasteiger partial charge in [0.2, 0.25) is 0 Å². The third-order valence-corrected chi connectivity index (χ3v) is 5.99. The molecule has 0 bridgehead atoms. The summed E-state index contributed by atoms with van der Waals surface area (Å²) in [5.41, 5.74) is 6.72. The first-order chi connectivity index (χ1) is 9.40. The lowest BCUT2D eigenvalue weighted by atomic mass is 9.54. The van der Waals surface area contributed by atoms with Crippen molar-refractivity contribution in [1.82, 2.24) is 4.90 Å². The predicted molar refractivity (Wildman–Crippen MR) is 84.9 cm³/mol. The lowest BCUT2D eigenvalue weighted by Gasteiger charge is -2.60. The summed E-state index contributed by atoms with van der Waals surface area (Å²) >= 11 is 0. The number of ether oxygens (including phenoxy) is 1. The van der Waals surface area contributed by atoms with Crippen molar-refractivity contribution in [2.45, 2.75) is 83.4 Å². The molecule has 0 spiro atoms. The average Bonchev–Trinajstić information content (AvgIpc) is 2.67. The average molecular weight is 282 g/mol. The zero-order chi connectivity index (χ0) is 14.8. The van der Waals surface area contributed by atoms with Crippen LogP contribution in [0.5, 0.6) is 0 Å². The number of nitrogens with two attached hydrogens (primary N) is 1. The maximum absolute atomic E-state index is 6.73. The van der Waals surface area contributed by atoms with Gasteiger partial charge in [-0.1, -0.05) is 39.5 Å². The molecule has 2 rings (SSSR count). The van der Waals surface area contributed by atoms with Crippen LogP contribution in [0.2, 0.25) is 0 Å².